The van der Waals surface area contributed by atoms with Crippen molar-refractivity contribution >= 4 is 0 Å². The number of aliphatic hydroxyl groups is 1. The van der Waals surface area contributed by atoms with Gasteiger partial charge in [0.15, 0.2) is 0 Å². The maximum absolute atomic E-state index is 13.3. The highest BCUT2D eigenvalue weighted by molar-refractivity contribution is 5.23. The summed E-state index contributed by atoms with van der Waals surface area (Å²) in [7, 11) is 0. The third-order valence-corrected chi connectivity index (χ3v) is 3.27. The predicted octanol–water partition coefficient (Wildman–Crippen LogP) is 1.95. The summed E-state index contributed by atoms with van der Waals surface area (Å²) in [5.74, 6) is 0.269. The van der Waals surface area contributed by atoms with Crippen LogP contribution in [0.25, 0.3) is 0 Å². The summed E-state index contributed by atoms with van der Waals surface area (Å²) in [5, 5.41) is 9.04. The second-order valence-corrected chi connectivity index (χ2v) is 4.66. The Morgan fingerprint density at radius 2 is 2.31 bits per heavy atom. The third kappa shape index (κ3) is 2.60. The van der Waals surface area contributed by atoms with Crippen molar-refractivity contribution < 1.29 is 9.50 Å². The van der Waals surface area contributed by atoms with Gasteiger partial charge in [0.2, 0.25) is 0 Å². The average molecular weight is 223 g/mol. The van der Waals surface area contributed by atoms with Crippen LogP contribution in [0.1, 0.15) is 17.5 Å². The summed E-state index contributed by atoms with van der Waals surface area (Å²) in [5.41, 5.74) is 1.71. The van der Waals surface area contributed by atoms with E-state index in [-0.39, 0.29) is 12.4 Å². The van der Waals surface area contributed by atoms with Gasteiger partial charge in [-0.1, -0.05) is 12.1 Å². The van der Waals surface area contributed by atoms with E-state index in [1.54, 1.807) is 13.0 Å². The zero-order chi connectivity index (χ0) is 11.5. The molecule has 0 radical (unpaired) electrons. The van der Waals surface area contributed by atoms with Crippen LogP contribution in [0.2, 0.25) is 0 Å². The molecule has 0 bridgehead atoms. The van der Waals surface area contributed by atoms with Crippen molar-refractivity contribution in [1.29, 1.82) is 0 Å². The number of likely N-dealkylation sites (tertiary alicyclic amines) is 1. The minimum absolute atomic E-state index is 0.129. The van der Waals surface area contributed by atoms with Gasteiger partial charge in [0, 0.05) is 19.7 Å². The molecule has 1 aromatic rings. The van der Waals surface area contributed by atoms with E-state index in [1.165, 1.54) is 0 Å². The molecule has 0 spiro atoms. The summed E-state index contributed by atoms with van der Waals surface area (Å²) in [6.45, 7) is 4.75. The van der Waals surface area contributed by atoms with Crippen LogP contribution in [-0.2, 0) is 6.54 Å². The number of nitrogens with zero attached hydrogens (tertiary/aromatic N) is 1. The Morgan fingerprint density at radius 3 is 2.94 bits per heavy atom. The van der Waals surface area contributed by atoms with Crippen LogP contribution < -0.4 is 0 Å². The first-order valence-electron chi connectivity index (χ1n) is 5.77. The molecule has 1 heterocycles. The van der Waals surface area contributed by atoms with Crippen molar-refractivity contribution in [1.82, 2.24) is 4.90 Å². The third-order valence-electron chi connectivity index (χ3n) is 3.27. The van der Waals surface area contributed by atoms with Crippen molar-refractivity contribution in [3.05, 3.63) is 35.1 Å². The Bertz CT molecular complexity index is 367. The van der Waals surface area contributed by atoms with E-state index in [0.717, 1.165) is 31.6 Å². The van der Waals surface area contributed by atoms with E-state index in [1.807, 2.05) is 12.1 Å². The van der Waals surface area contributed by atoms with Gasteiger partial charge in [0.05, 0.1) is 0 Å². The Hall–Kier alpha value is -0.930. The van der Waals surface area contributed by atoms with Gasteiger partial charge in [-0.05, 0) is 43.0 Å². The van der Waals surface area contributed by atoms with Crippen LogP contribution in [-0.4, -0.2) is 29.7 Å². The molecule has 1 saturated heterocycles. The molecule has 1 N–H and O–H groups in total. The molecule has 0 saturated carbocycles. The summed E-state index contributed by atoms with van der Waals surface area (Å²) in [4.78, 5) is 2.27. The van der Waals surface area contributed by atoms with Crippen LogP contribution in [0, 0.1) is 18.7 Å². The highest BCUT2D eigenvalue weighted by Crippen LogP contribution is 2.19. The first kappa shape index (κ1) is 11.6. The maximum atomic E-state index is 13.3. The number of rotatable bonds is 3. The molecule has 1 aliphatic rings. The van der Waals surface area contributed by atoms with E-state index >= 15 is 0 Å². The highest BCUT2D eigenvalue weighted by Gasteiger charge is 2.21. The normalized spacial score (nSPS) is 21.6. The molecule has 2 rings (SSSR count). The van der Waals surface area contributed by atoms with Gasteiger partial charge in [-0.25, -0.2) is 4.39 Å². The van der Waals surface area contributed by atoms with E-state index in [9.17, 15) is 4.39 Å². The summed E-state index contributed by atoms with van der Waals surface area (Å²) < 4.78 is 13.3. The lowest BCUT2D eigenvalue weighted by atomic mass is 10.1. The van der Waals surface area contributed by atoms with Crippen LogP contribution in [0.15, 0.2) is 18.2 Å². The first-order valence-corrected chi connectivity index (χ1v) is 5.77. The average Bonchev–Trinajstić information content (AvgIpc) is 2.71. The van der Waals surface area contributed by atoms with Gasteiger partial charge in [-0.2, -0.15) is 0 Å². The number of halogens is 1. The van der Waals surface area contributed by atoms with Crippen LogP contribution in [0.4, 0.5) is 4.39 Å². The monoisotopic (exact) mass is 223 g/mol. The van der Waals surface area contributed by atoms with E-state index in [2.05, 4.69) is 4.90 Å². The van der Waals surface area contributed by atoms with E-state index in [4.69, 9.17) is 5.11 Å². The van der Waals surface area contributed by atoms with Gasteiger partial charge in [-0.3, -0.25) is 4.90 Å². The molecule has 0 aromatic heterocycles. The second-order valence-electron chi connectivity index (χ2n) is 4.66. The highest BCUT2D eigenvalue weighted by atomic mass is 19.1. The van der Waals surface area contributed by atoms with E-state index < -0.39 is 0 Å². The lowest BCUT2D eigenvalue weighted by Gasteiger charge is -2.15. The molecule has 1 unspecified atom stereocenters. The SMILES string of the molecule is Cc1ccc(CN2CCC(CO)C2)cc1F. The molecule has 1 atom stereocenters. The summed E-state index contributed by atoms with van der Waals surface area (Å²) >= 11 is 0. The fourth-order valence-electron chi connectivity index (χ4n) is 2.20. The zero-order valence-corrected chi connectivity index (χ0v) is 9.62. The Balaban J connectivity index is 1.97. The Labute approximate surface area is 95.7 Å². The molecule has 1 aromatic carbocycles. The topological polar surface area (TPSA) is 23.5 Å². The van der Waals surface area contributed by atoms with Crippen LogP contribution in [0.3, 0.4) is 0 Å². The van der Waals surface area contributed by atoms with Gasteiger partial charge in [0.1, 0.15) is 5.82 Å². The standard InChI is InChI=1S/C13H18FNO/c1-10-2-3-11(6-13(10)14)7-15-5-4-12(8-15)9-16/h2-3,6,12,16H,4-5,7-9H2,1H3. The first-order chi connectivity index (χ1) is 7.69. The Kier molecular flexibility index (Phi) is 3.56. The van der Waals surface area contributed by atoms with Crippen LogP contribution in [0.5, 0.6) is 0 Å². The van der Waals surface area contributed by atoms with E-state index in [0.29, 0.717) is 11.5 Å². The largest absolute Gasteiger partial charge is 0.396 e. The molecular weight excluding hydrogens is 205 g/mol. The number of aliphatic hydroxyl groups excluding tert-OH is 1. The second kappa shape index (κ2) is 4.93. The van der Waals surface area contributed by atoms with Gasteiger partial charge in [0.25, 0.3) is 0 Å². The van der Waals surface area contributed by atoms with Crippen molar-refractivity contribution in [2.75, 3.05) is 19.7 Å². The summed E-state index contributed by atoms with van der Waals surface area (Å²) in [6.07, 6.45) is 1.05. The quantitative estimate of drug-likeness (QED) is 0.846. The van der Waals surface area contributed by atoms with Crippen LogP contribution >= 0.6 is 0 Å². The lowest BCUT2D eigenvalue weighted by Crippen LogP contribution is -2.21. The molecule has 0 aliphatic carbocycles. The number of benzene rings is 1. The molecule has 1 aliphatic heterocycles. The molecule has 88 valence electrons. The van der Waals surface area contributed by atoms with Crippen molar-refractivity contribution in [2.24, 2.45) is 5.92 Å². The molecule has 3 heteroatoms. The van der Waals surface area contributed by atoms with Crippen molar-refractivity contribution in [3.8, 4) is 0 Å². The van der Waals surface area contributed by atoms with Crippen molar-refractivity contribution in [2.45, 2.75) is 19.9 Å². The predicted molar refractivity (Wildman–Crippen MR) is 61.6 cm³/mol. The molecule has 2 nitrogen and oxygen atoms in total. The number of hydrogen-bond donors (Lipinski definition) is 1. The lowest BCUT2D eigenvalue weighted by molar-refractivity contribution is 0.220. The number of hydrogen-bond acceptors (Lipinski definition) is 2. The fourth-order valence-corrected chi connectivity index (χ4v) is 2.20. The minimum atomic E-state index is -0.129. The fraction of sp³-hybridized carbons (Fsp3) is 0.538. The maximum Gasteiger partial charge on any atom is 0.126 e. The molecule has 1 fully saturated rings. The molecule has 0 amide bonds. The number of aryl methyl sites for hydroxylation is 1. The molecular formula is C13H18FNO. The zero-order valence-electron chi connectivity index (χ0n) is 9.62. The van der Waals surface area contributed by atoms with Gasteiger partial charge in [-0.15, -0.1) is 0 Å². The summed E-state index contributed by atoms with van der Waals surface area (Å²) in [6, 6.07) is 5.41. The molecule has 16 heavy (non-hydrogen) atoms. The van der Waals surface area contributed by atoms with Gasteiger partial charge < -0.3 is 5.11 Å². The Morgan fingerprint density at radius 1 is 1.50 bits per heavy atom. The smallest absolute Gasteiger partial charge is 0.126 e. The van der Waals surface area contributed by atoms with Crippen molar-refractivity contribution in [3.63, 3.8) is 0 Å². The van der Waals surface area contributed by atoms with Gasteiger partial charge >= 0.3 is 0 Å². The minimum Gasteiger partial charge on any atom is -0.396 e.